The Bertz CT molecular complexity index is 563. The van der Waals surface area contributed by atoms with Crippen LogP contribution in [0.3, 0.4) is 0 Å². The lowest BCUT2D eigenvalue weighted by Crippen LogP contribution is -2.11. The van der Waals surface area contributed by atoms with E-state index in [9.17, 15) is 0 Å². The van der Waals surface area contributed by atoms with Gasteiger partial charge in [-0.25, -0.2) is 0 Å². The monoisotopic (exact) mass is 294 g/mol. The van der Waals surface area contributed by atoms with Crippen LogP contribution < -0.4 is 10.2 Å². The molecule has 1 aromatic carbocycles. The molecule has 0 bridgehead atoms. The molecule has 1 unspecified atom stereocenters. The van der Waals surface area contributed by atoms with Crippen LogP contribution in [0.25, 0.3) is 0 Å². The molecule has 1 aromatic heterocycles. The Morgan fingerprint density at radius 3 is 2.58 bits per heavy atom. The van der Waals surface area contributed by atoms with E-state index in [1.54, 1.807) is 11.3 Å². The van der Waals surface area contributed by atoms with Crippen molar-refractivity contribution < 1.29 is 0 Å². The highest BCUT2D eigenvalue weighted by atomic mass is 35.5. The molecule has 0 fully saturated rings. The maximum atomic E-state index is 5.98. The van der Waals surface area contributed by atoms with Crippen LogP contribution in [0.2, 0.25) is 4.34 Å². The lowest BCUT2D eigenvalue weighted by molar-refractivity contribution is 0.890. The molecule has 4 heteroatoms. The zero-order chi connectivity index (χ0) is 14.0. The van der Waals surface area contributed by atoms with E-state index in [1.165, 1.54) is 16.8 Å². The van der Waals surface area contributed by atoms with Crippen molar-refractivity contribution in [3.05, 3.63) is 45.1 Å². The Balaban J connectivity index is 2.17. The molecule has 0 aliphatic rings. The predicted octanol–water partition coefficient (Wildman–Crippen LogP) is 4.95. The molecular formula is C15H19ClN2S. The fourth-order valence-corrected chi connectivity index (χ4v) is 3.05. The third kappa shape index (κ3) is 3.43. The van der Waals surface area contributed by atoms with E-state index in [0.717, 1.165) is 10.0 Å². The van der Waals surface area contributed by atoms with Crippen molar-refractivity contribution in [3.63, 3.8) is 0 Å². The summed E-state index contributed by atoms with van der Waals surface area (Å²) in [5.74, 6) is 0. The maximum absolute atomic E-state index is 5.98. The molecule has 2 rings (SSSR count). The molecule has 0 radical (unpaired) electrons. The Morgan fingerprint density at radius 2 is 2.00 bits per heavy atom. The number of rotatable bonds is 4. The van der Waals surface area contributed by atoms with E-state index in [2.05, 4.69) is 61.7 Å². The average molecular weight is 295 g/mol. The van der Waals surface area contributed by atoms with Crippen LogP contribution in [0.15, 0.2) is 29.6 Å². The SMILES string of the molecule is Cc1ccc(NC(C)c2csc(Cl)c2)cc1N(C)C. The molecule has 2 nitrogen and oxygen atoms in total. The van der Waals surface area contributed by atoms with Gasteiger partial charge in [-0.05, 0) is 48.6 Å². The summed E-state index contributed by atoms with van der Waals surface area (Å²) in [6.07, 6.45) is 0. The first-order valence-corrected chi connectivity index (χ1v) is 7.51. The van der Waals surface area contributed by atoms with Gasteiger partial charge in [0, 0.05) is 31.5 Å². The Kier molecular flexibility index (Phi) is 4.38. The van der Waals surface area contributed by atoms with E-state index < -0.39 is 0 Å². The van der Waals surface area contributed by atoms with Crippen molar-refractivity contribution >= 4 is 34.3 Å². The van der Waals surface area contributed by atoms with Gasteiger partial charge in [-0.1, -0.05) is 17.7 Å². The van der Waals surface area contributed by atoms with E-state index in [-0.39, 0.29) is 6.04 Å². The fourth-order valence-electron chi connectivity index (χ4n) is 2.06. The standard InChI is InChI=1S/C15H19ClN2S/c1-10-5-6-13(8-14(10)18(3)4)17-11(2)12-7-15(16)19-9-12/h5-9,11,17H,1-4H3. The molecule has 0 amide bonds. The quantitative estimate of drug-likeness (QED) is 0.858. The summed E-state index contributed by atoms with van der Waals surface area (Å²) in [6, 6.07) is 8.71. The van der Waals surface area contributed by atoms with Crippen molar-refractivity contribution in [1.82, 2.24) is 0 Å². The summed E-state index contributed by atoms with van der Waals surface area (Å²) >= 11 is 7.55. The Hall–Kier alpha value is -1.19. The lowest BCUT2D eigenvalue weighted by Gasteiger charge is -2.19. The third-order valence-corrected chi connectivity index (χ3v) is 4.27. The molecular weight excluding hydrogens is 276 g/mol. The molecule has 0 aliphatic heterocycles. The van der Waals surface area contributed by atoms with Gasteiger partial charge < -0.3 is 10.2 Å². The fraction of sp³-hybridized carbons (Fsp3) is 0.333. The van der Waals surface area contributed by atoms with Crippen molar-refractivity contribution in [1.29, 1.82) is 0 Å². The van der Waals surface area contributed by atoms with E-state index in [4.69, 9.17) is 11.6 Å². The number of hydrogen-bond acceptors (Lipinski definition) is 3. The largest absolute Gasteiger partial charge is 0.378 e. The summed E-state index contributed by atoms with van der Waals surface area (Å²) in [5.41, 5.74) is 4.87. The minimum atomic E-state index is 0.251. The van der Waals surface area contributed by atoms with Gasteiger partial charge in [0.05, 0.1) is 4.34 Å². The highest BCUT2D eigenvalue weighted by Crippen LogP contribution is 2.29. The molecule has 0 aliphatic carbocycles. The average Bonchev–Trinajstić information content (AvgIpc) is 2.78. The molecule has 19 heavy (non-hydrogen) atoms. The van der Waals surface area contributed by atoms with Gasteiger partial charge >= 0.3 is 0 Å². The first-order valence-electron chi connectivity index (χ1n) is 6.26. The van der Waals surface area contributed by atoms with E-state index in [0.29, 0.717) is 0 Å². The number of nitrogens with zero attached hydrogens (tertiary/aromatic N) is 1. The van der Waals surface area contributed by atoms with Crippen LogP contribution in [-0.4, -0.2) is 14.1 Å². The minimum absolute atomic E-state index is 0.251. The second-order valence-electron chi connectivity index (χ2n) is 4.95. The second kappa shape index (κ2) is 5.85. The van der Waals surface area contributed by atoms with Crippen LogP contribution >= 0.6 is 22.9 Å². The first kappa shape index (κ1) is 14.2. The van der Waals surface area contributed by atoms with E-state index >= 15 is 0 Å². The van der Waals surface area contributed by atoms with E-state index in [1.807, 2.05) is 6.07 Å². The van der Waals surface area contributed by atoms with Crippen LogP contribution in [0.4, 0.5) is 11.4 Å². The number of aryl methyl sites for hydroxylation is 1. The van der Waals surface area contributed by atoms with Gasteiger partial charge in [-0.3, -0.25) is 0 Å². The maximum Gasteiger partial charge on any atom is 0.0931 e. The number of benzene rings is 1. The molecule has 0 spiro atoms. The summed E-state index contributed by atoms with van der Waals surface area (Å²) in [7, 11) is 4.13. The normalized spacial score (nSPS) is 12.3. The minimum Gasteiger partial charge on any atom is -0.378 e. The highest BCUT2D eigenvalue weighted by Gasteiger charge is 2.09. The van der Waals surface area contributed by atoms with Gasteiger partial charge in [-0.2, -0.15) is 0 Å². The van der Waals surface area contributed by atoms with Crippen molar-refractivity contribution in [2.75, 3.05) is 24.3 Å². The number of thiophene rings is 1. The molecule has 1 heterocycles. The van der Waals surface area contributed by atoms with Gasteiger partial charge in [0.15, 0.2) is 0 Å². The zero-order valence-corrected chi connectivity index (χ0v) is 13.3. The third-order valence-electron chi connectivity index (χ3n) is 3.16. The van der Waals surface area contributed by atoms with Crippen LogP contribution in [-0.2, 0) is 0 Å². The molecule has 102 valence electrons. The number of hydrogen-bond donors (Lipinski definition) is 1. The lowest BCUT2D eigenvalue weighted by atomic mass is 10.1. The number of nitrogens with one attached hydrogen (secondary N) is 1. The van der Waals surface area contributed by atoms with Gasteiger partial charge in [0.25, 0.3) is 0 Å². The molecule has 1 atom stereocenters. The topological polar surface area (TPSA) is 15.3 Å². The van der Waals surface area contributed by atoms with Crippen molar-refractivity contribution in [3.8, 4) is 0 Å². The molecule has 1 N–H and O–H groups in total. The Morgan fingerprint density at radius 1 is 1.26 bits per heavy atom. The number of halogens is 1. The van der Waals surface area contributed by atoms with Crippen LogP contribution in [0.1, 0.15) is 24.1 Å². The van der Waals surface area contributed by atoms with Crippen LogP contribution in [0.5, 0.6) is 0 Å². The highest BCUT2D eigenvalue weighted by molar-refractivity contribution is 7.14. The second-order valence-corrected chi connectivity index (χ2v) is 6.49. The predicted molar refractivity (Wildman–Crippen MR) is 86.9 cm³/mol. The zero-order valence-electron chi connectivity index (χ0n) is 11.7. The number of anilines is 2. The summed E-state index contributed by atoms with van der Waals surface area (Å²) < 4.78 is 0.835. The smallest absolute Gasteiger partial charge is 0.0931 e. The van der Waals surface area contributed by atoms with Gasteiger partial charge in [-0.15, -0.1) is 11.3 Å². The summed E-state index contributed by atoms with van der Waals surface area (Å²) in [4.78, 5) is 2.13. The first-order chi connectivity index (χ1) is 8.97. The van der Waals surface area contributed by atoms with Crippen LogP contribution in [0, 0.1) is 6.92 Å². The molecule has 0 saturated heterocycles. The summed E-state index contributed by atoms with van der Waals surface area (Å²) in [6.45, 7) is 4.27. The molecule has 2 aromatic rings. The molecule has 0 saturated carbocycles. The summed E-state index contributed by atoms with van der Waals surface area (Å²) in [5, 5.41) is 5.61. The Labute approximate surface area is 124 Å². The van der Waals surface area contributed by atoms with Crippen molar-refractivity contribution in [2.45, 2.75) is 19.9 Å². The van der Waals surface area contributed by atoms with Crippen molar-refractivity contribution in [2.24, 2.45) is 0 Å². The van der Waals surface area contributed by atoms with Gasteiger partial charge in [0.2, 0.25) is 0 Å². The van der Waals surface area contributed by atoms with Gasteiger partial charge in [0.1, 0.15) is 0 Å².